The van der Waals surface area contributed by atoms with Gasteiger partial charge in [-0.2, -0.15) is 0 Å². The van der Waals surface area contributed by atoms with Gasteiger partial charge in [0, 0.05) is 42.0 Å². The predicted octanol–water partition coefficient (Wildman–Crippen LogP) is 6.31. The van der Waals surface area contributed by atoms with Gasteiger partial charge in [0.15, 0.2) is 5.13 Å². The van der Waals surface area contributed by atoms with Crippen LogP contribution in [0.3, 0.4) is 0 Å². The fourth-order valence-corrected chi connectivity index (χ4v) is 5.53. The topological polar surface area (TPSA) is 70.2 Å². The predicted molar refractivity (Wildman–Crippen MR) is 146 cm³/mol. The number of carbonyl (C=O) groups is 1. The Kier molecular flexibility index (Phi) is 8.39. The van der Waals surface area contributed by atoms with Crippen LogP contribution in [0.5, 0.6) is 0 Å². The van der Waals surface area contributed by atoms with Gasteiger partial charge in [-0.3, -0.25) is 4.79 Å². The maximum Gasteiger partial charge on any atom is 0.251 e. The van der Waals surface area contributed by atoms with Crippen LogP contribution in [0.15, 0.2) is 82.2 Å². The molecule has 0 saturated carbocycles. The zero-order valence-electron chi connectivity index (χ0n) is 20.1. The number of carbonyl (C=O) groups excluding carboxylic acids is 1. The van der Waals surface area contributed by atoms with Crippen LogP contribution in [0.25, 0.3) is 0 Å². The lowest BCUT2D eigenvalue weighted by Crippen LogP contribution is -2.35. The molecule has 4 rings (SSSR count). The molecule has 2 heterocycles. The van der Waals surface area contributed by atoms with Gasteiger partial charge in [0.05, 0.1) is 10.4 Å². The molecule has 0 radical (unpaired) electrons. The minimum atomic E-state index is -0.0490. The molecule has 2 aromatic carbocycles. The molecular weight excluding hydrogens is 474 g/mol. The van der Waals surface area contributed by atoms with E-state index < -0.39 is 0 Å². The third kappa shape index (κ3) is 6.83. The third-order valence-electron chi connectivity index (χ3n) is 5.47. The normalized spacial score (nSPS) is 10.7. The maximum absolute atomic E-state index is 13.0. The largest absolute Gasteiger partial charge is 0.370 e. The highest BCUT2D eigenvalue weighted by Crippen LogP contribution is 2.35. The average Bonchev–Trinajstić information content (AvgIpc) is 3.30. The first kappa shape index (κ1) is 24.8. The van der Waals surface area contributed by atoms with E-state index in [1.165, 1.54) is 11.3 Å². The molecule has 0 atom stereocenters. The van der Waals surface area contributed by atoms with Crippen LogP contribution in [0, 0.1) is 13.8 Å². The van der Waals surface area contributed by atoms with Crippen LogP contribution in [-0.2, 0) is 0 Å². The van der Waals surface area contributed by atoms with Gasteiger partial charge in [-0.15, -0.1) is 0 Å². The molecule has 35 heavy (non-hydrogen) atoms. The first-order chi connectivity index (χ1) is 17.0. The van der Waals surface area contributed by atoms with Gasteiger partial charge in [-0.25, -0.2) is 9.97 Å². The Morgan fingerprint density at radius 2 is 1.94 bits per heavy atom. The van der Waals surface area contributed by atoms with Crippen molar-refractivity contribution in [3.8, 4) is 0 Å². The van der Waals surface area contributed by atoms with Crippen molar-refractivity contribution < 1.29 is 4.79 Å². The molecule has 0 aliphatic heterocycles. The number of aromatic nitrogens is 2. The van der Waals surface area contributed by atoms with E-state index >= 15 is 0 Å². The second-order valence-corrected chi connectivity index (χ2v) is 10.5. The molecule has 8 heteroatoms. The lowest BCUT2D eigenvalue weighted by atomic mass is 10.1. The van der Waals surface area contributed by atoms with Crippen molar-refractivity contribution in [2.45, 2.75) is 29.9 Å². The minimum absolute atomic E-state index is 0.0490. The first-order valence-corrected chi connectivity index (χ1v) is 13.2. The minimum Gasteiger partial charge on any atom is -0.370 e. The van der Waals surface area contributed by atoms with Gasteiger partial charge in [-0.05, 0) is 68.3 Å². The lowest BCUT2D eigenvalue weighted by Gasteiger charge is -2.23. The van der Waals surface area contributed by atoms with E-state index in [9.17, 15) is 4.79 Å². The number of thiazole rings is 1. The van der Waals surface area contributed by atoms with Crippen molar-refractivity contribution >= 4 is 45.6 Å². The summed E-state index contributed by atoms with van der Waals surface area (Å²) in [5.74, 6) is 0.712. The van der Waals surface area contributed by atoms with E-state index in [0.29, 0.717) is 12.1 Å². The van der Waals surface area contributed by atoms with Gasteiger partial charge in [0.1, 0.15) is 5.82 Å². The van der Waals surface area contributed by atoms with Gasteiger partial charge >= 0.3 is 0 Å². The molecule has 2 aromatic heterocycles. The van der Waals surface area contributed by atoms with Crippen LogP contribution in [-0.4, -0.2) is 35.5 Å². The Morgan fingerprint density at radius 1 is 1.06 bits per heavy atom. The summed E-state index contributed by atoms with van der Waals surface area (Å²) in [4.78, 5) is 25.0. The second-order valence-electron chi connectivity index (χ2n) is 8.08. The van der Waals surface area contributed by atoms with E-state index in [2.05, 4.69) is 63.6 Å². The highest BCUT2D eigenvalue weighted by Gasteiger charge is 2.13. The van der Waals surface area contributed by atoms with Gasteiger partial charge in [-0.1, -0.05) is 47.4 Å². The molecule has 6 nitrogen and oxygen atoms in total. The molecule has 180 valence electrons. The first-order valence-electron chi connectivity index (χ1n) is 11.5. The molecule has 0 aliphatic rings. The Morgan fingerprint density at radius 3 is 2.71 bits per heavy atom. The molecule has 0 aliphatic carbocycles. The lowest BCUT2D eigenvalue weighted by molar-refractivity contribution is 0.0954. The summed E-state index contributed by atoms with van der Waals surface area (Å²) >= 11 is 3.15. The van der Waals surface area contributed by atoms with E-state index in [1.807, 2.05) is 49.5 Å². The smallest absolute Gasteiger partial charge is 0.251 e. The van der Waals surface area contributed by atoms with Crippen molar-refractivity contribution in [3.63, 3.8) is 0 Å². The Labute approximate surface area is 214 Å². The van der Waals surface area contributed by atoms with Crippen LogP contribution in [0.4, 0.5) is 16.6 Å². The summed E-state index contributed by atoms with van der Waals surface area (Å²) in [7, 11) is 0. The van der Waals surface area contributed by atoms with E-state index in [4.69, 9.17) is 0 Å². The number of benzene rings is 2. The van der Waals surface area contributed by atoms with Crippen molar-refractivity contribution in [1.82, 2.24) is 15.3 Å². The Bertz CT molecular complexity index is 1280. The molecule has 4 aromatic rings. The summed E-state index contributed by atoms with van der Waals surface area (Å²) in [5, 5.41) is 7.09. The van der Waals surface area contributed by atoms with Crippen molar-refractivity contribution in [1.29, 1.82) is 0 Å². The molecule has 0 saturated heterocycles. The number of pyridine rings is 1. The average molecular weight is 504 g/mol. The van der Waals surface area contributed by atoms with Crippen molar-refractivity contribution in [2.24, 2.45) is 0 Å². The fourth-order valence-electron chi connectivity index (χ4n) is 3.63. The van der Waals surface area contributed by atoms with E-state index in [-0.39, 0.29) is 5.91 Å². The fraction of sp³-hybridized carbons (Fsp3) is 0.222. The van der Waals surface area contributed by atoms with Crippen molar-refractivity contribution in [3.05, 3.63) is 89.7 Å². The zero-order valence-corrected chi connectivity index (χ0v) is 21.7. The molecule has 0 spiro atoms. The highest BCUT2D eigenvalue weighted by atomic mass is 32.2. The highest BCUT2D eigenvalue weighted by molar-refractivity contribution is 8.01. The summed E-state index contributed by atoms with van der Waals surface area (Å²) < 4.78 is 1.04. The van der Waals surface area contributed by atoms with Gasteiger partial charge in [0.2, 0.25) is 0 Å². The standard InChI is InChI=1S/C27H29N5OS2/c1-4-32(21-9-7-8-19(2)16-21)15-14-29-26(33)23-17-22(12-11-20(23)3)34-25-18-30-27(35-25)31-24-10-5-6-13-28-24/h5-13,16-18H,4,14-15H2,1-3H3,(H,29,33)(H,28,30,31). The number of nitrogens with zero attached hydrogens (tertiary/aromatic N) is 3. The molecule has 0 fully saturated rings. The van der Waals surface area contributed by atoms with Crippen LogP contribution in [0.2, 0.25) is 0 Å². The molecule has 0 unspecified atom stereocenters. The maximum atomic E-state index is 13.0. The summed E-state index contributed by atoms with van der Waals surface area (Å²) in [6, 6.07) is 20.2. The van der Waals surface area contributed by atoms with Crippen molar-refractivity contribution in [2.75, 3.05) is 29.9 Å². The summed E-state index contributed by atoms with van der Waals surface area (Å²) in [5.41, 5.74) is 4.07. The second kappa shape index (κ2) is 11.9. The monoisotopic (exact) mass is 503 g/mol. The van der Waals surface area contributed by atoms with Gasteiger partial charge < -0.3 is 15.5 Å². The van der Waals surface area contributed by atoms with Gasteiger partial charge in [0.25, 0.3) is 5.91 Å². The third-order valence-corrected chi connectivity index (χ3v) is 7.48. The number of aryl methyl sites for hydroxylation is 2. The van der Waals surface area contributed by atoms with E-state index in [1.54, 1.807) is 29.3 Å². The quantitative estimate of drug-likeness (QED) is 0.264. The number of amides is 1. The number of anilines is 3. The van der Waals surface area contributed by atoms with E-state index in [0.717, 1.165) is 38.7 Å². The number of likely N-dealkylation sites (N-methyl/N-ethyl adjacent to an activating group) is 1. The summed E-state index contributed by atoms with van der Waals surface area (Å²) in [6.07, 6.45) is 3.58. The zero-order chi connectivity index (χ0) is 24.6. The number of rotatable bonds is 10. The SMILES string of the molecule is CCN(CCNC(=O)c1cc(Sc2cnc(Nc3ccccn3)s2)ccc1C)c1cccc(C)c1. The number of nitrogens with one attached hydrogen (secondary N) is 2. The molecular formula is C27H29N5OS2. The number of hydrogen-bond acceptors (Lipinski definition) is 7. The van der Waals surface area contributed by atoms with Crippen LogP contribution < -0.4 is 15.5 Å². The molecule has 1 amide bonds. The Hall–Kier alpha value is -3.36. The molecule has 2 N–H and O–H groups in total. The number of hydrogen-bond donors (Lipinski definition) is 2. The Balaban J connectivity index is 1.36. The molecule has 0 bridgehead atoms. The summed E-state index contributed by atoms with van der Waals surface area (Å²) in [6.45, 7) is 8.41. The van der Waals surface area contributed by atoms with Crippen LogP contribution in [0.1, 0.15) is 28.4 Å². The van der Waals surface area contributed by atoms with Crippen LogP contribution >= 0.6 is 23.1 Å².